The number of esters is 1. The highest BCUT2D eigenvalue weighted by atomic mass is 16.8. The van der Waals surface area contributed by atoms with Gasteiger partial charge >= 0.3 is 5.97 Å². The van der Waals surface area contributed by atoms with Gasteiger partial charge in [0.2, 0.25) is 0 Å². The zero-order chi connectivity index (χ0) is 61.0. The number of carbonyl (C=O) groups excluding carboxylic acids is 1. The van der Waals surface area contributed by atoms with Crippen LogP contribution < -0.4 is 0 Å². The fraction of sp³-hybridized carbons (Fsp3) is 0.984. The maximum atomic E-state index is 14.0. The molecule has 0 saturated carbocycles. The van der Waals surface area contributed by atoms with E-state index in [4.69, 9.17) is 61.6 Å². The van der Waals surface area contributed by atoms with Gasteiger partial charge in [-0.15, -0.1) is 0 Å². The Kier molecular flexibility index (Phi) is 31.2. The molecule has 84 heavy (non-hydrogen) atoms. The Labute approximate surface area is 500 Å². The molecular formula is C62H112O22. The Morgan fingerprint density at radius 3 is 1.61 bits per heavy atom. The summed E-state index contributed by atoms with van der Waals surface area (Å²) in [5.41, 5.74) is 0. The van der Waals surface area contributed by atoms with Crippen LogP contribution in [-0.4, -0.2) is 220 Å². The van der Waals surface area contributed by atoms with Crippen molar-refractivity contribution in [2.45, 2.75) is 370 Å². The van der Waals surface area contributed by atoms with E-state index in [0.29, 0.717) is 19.4 Å². The minimum absolute atomic E-state index is 0.0392. The van der Waals surface area contributed by atoms with Crippen molar-refractivity contribution in [1.29, 1.82) is 0 Å². The van der Waals surface area contributed by atoms with E-state index >= 15 is 0 Å². The number of rotatable bonds is 25. The summed E-state index contributed by atoms with van der Waals surface area (Å²) in [4.78, 5) is 14.0. The van der Waals surface area contributed by atoms with Crippen molar-refractivity contribution in [3.8, 4) is 0 Å². The maximum Gasteiger partial charge on any atom is 0.306 e. The van der Waals surface area contributed by atoms with Gasteiger partial charge in [0.25, 0.3) is 0 Å². The summed E-state index contributed by atoms with van der Waals surface area (Å²) in [6.45, 7) is 16.8. The first-order valence-corrected chi connectivity index (χ1v) is 32.7. The Morgan fingerprint density at radius 1 is 0.429 bits per heavy atom. The summed E-state index contributed by atoms with van der Waals surface area (Å²) >= 11 is 0. The third-order valence-corrected chi connectivity index (χ3v) is 17.6. The molecule has 0 radical (unpaired) electrons. The number of aliphatic hydroxyl groups is 8. The van der Waals surface area contributed by atoms with Crippen molar-refractivity contribution in [2.75, 3.05) is 13.2 Å². The van der Waals surface area contributed by atoms with Crippen LogP contribution in [0.1, 0.15) is 210 Å². The first-order chi connectivity index (χ1) is 40.2. The Balaban J connectivity index is 1.33. The van der Waals surface area contributed by atoms with Crippen LogP contribution in [0.4, 0.5) is 0 Å². The second-order valence-electron chi connectivity index (χ2n) is 25.3. The number of hydrogen-bond donors (Lipinski definition) is 8. The zero-order valence-electron chi connectivity index (χ0n) is 52.1. The zero-order valence-corrected chi connectivity index (χ0v) is 52.1. The number of unbranched alkanes of at least 4 members (excludes halogenated alkanes) is 11. The quantitative estimate of drug-likeness (QED) is 0.0391. The predicted molar refractivity (Wildman–Crippen MR) is 306 cm³/mol. The maximum absolute atomic E-state index is 14.0. The summed E-state index contributed by atoms with van der Waals surface area (Å²) in [6, 6.07) is 0. The van der Waals surface area contributed by atoms with E-state index in [2.05, 4.69) is 13.8 Å². The lowest BCUT2D eigenvalue weighted by molar-refractivity contribution is -0.402. The second-order valence-corrected chi connectivity index (χ2v) is 25.3. The summed E-state index contributed by atoms with van der Waals surface area (Å²) in [5.74, 6) is -0.485. The lowest BCUT2D eigenvalue weighted by Crippen LogP contribution is -2.68. The Hall–Kier alpha value is -1.33. The monoisotopic (exact) mass is 1210 g/mol. The van der Waals surface area contributed by atoms with E-state index in [1.807, 2.05) is 13.8 Å². The molecule has 2 bridgehead atoms. The predicted octanol–water partition coefficient (Wildman–Crippen LogP) is 5.89. The minimum Gasteiger partial charge on any atom is -0.456 e. The largest absolute Gasteiger partial charge is 0.456 e. The lowest BCUT2D eigenvalue weighted by atomic mass is 9.95. The number of fused-ring (bicyclic) bond motifs is 3. The molecule has 0 amide bonds. The number of carbonyl (C=O) groups is 1. The standard InChI is InChI=1S/C62H112O22/c1-10-12-14-15-16-17-18-22-25-29-33-72-57-56(84-58-48(69)45(66)43(64)36(5)74-58)53(81-59-49(70)47(68)51(38(7)76-59)73-34-35(3)4)40(9)78-62(57)82-52-39(8)77-60-50(71)54(52)80-42(63)32-28-24-21-19-20-23-27-31-41(30-26-13-11-2)79-61-55(83-60)46(67)44(65)37(6)75-61/h35-41,43-62,64-71H,10-34H2,1-9H3/t36-,37+,38-,39-,40-,41-,43-,44-,45+,46-,47-,48+,49+,50+,51-,52-,53-,54-,55+,56+,57+,58-,59-,60-,61+,62-/m0/s1. The van der Waals surface area contributed by atoms with Crippen LogP contribution in [0.2, 0.25) is 0 Å². The van der Waals surface area contributed by atoms with Crippen molar-refractivity contribution in [1.82, 2.24) is 0 Å². The fourth-order valence-electron chi connectivity index (χ4n) is 12.3. The molecule has 0 aliphatic carbocycles. The molecule has 6 heterocycles. The summed E-state index contributed by atoms with van der Waals surface area (Å²) in [6.07, 6.45) is -12.7. The van der Waals surface area contributed by atoms with E-state index in [0.717, 1.165) is 96.3 Å². The van der Waals surface area contributed by atoms with Gasteiger partial charge in [0.15, 0.2) is 37.6 Å². The average Bonchev–Trinajstić information content (AvgIpc) is 2.21. The third kappa shape index (κ3) is 20.6. The second kappa shape index (κ2) is 36.5. The molecule has 6 saturated heterocycles. The highest BCUT2D eigenvalue weighted by Crippen LogP contribution is 2.39. The topological polar surface area (TPSA) is 299 Å². The number of hydrogen-bond acceptors (Lipinski definition) is 22. The summed E-state index contributed by atoms with van der Waals surface area (Å²) in [7, 11) is 0. The lowest BCUT2D eigenvalue weighted by Gasteiger charge is -2.51. The average molecular weight is 1210 g/mol. The molecule has 6 aliphatic rings. The van der Waals surface area contributed by atoms with Gasteiger partial charge in [0, 0.05) is 19.6 Å². The molecule has 6 aliphatic heterocycles. The van der Waals surface area contributed by atoms with Gasteiger partial charge in [-0.2, -0.15) is 0 Å². The van der Waals surface area contributed by atoms with Gasteiger partial charge in [-0.3, -0.25) is 4.79 Å². The SMILES string of the molecule is CCCCCCCCCCCCO[C@H]1[C@H](O[C@@H]2[C@H]3OC(=O)CCCCCCCCC[C@H](CCCCC)O[C@H]4O[C@H](C)[C@H](O)[C@H](O)[C@H]4O[C@H](O[C@H]2C)[C@@H]3O)O[C@@H](C)[C@H](O[C@@H]2O[C@@H](C)[C@H](OCC(C)C)[C@@H](O)[C@H]2O)[C@H]1O[C@@H]1O[C@@H](C)[C@H](O)[C@@H](O)[C@H]1O. The molecule has 0 aromatic rings. The van der Waals surface area contributed by atoms with Crippen molar-refractivity contribution in [3.05, 3.63) is 0 Å². The summed E-state index contributed by atoms with van der Waals surface area (Å²) < 4.78 is 84.2. The number of aliphatic hydroxyl groups excluding tert-OH is 8. The van der Waals surface area contributed by atoms with Crippen LogP contribution in [0.15, 0.2) is 0 Å². The van der Waals surface area contributed by atoms with Gasteiger partial charge in [-0.25, -0.2) is 0 Å². The van der Waals surface area contributed by atoms with Crippen LogP contribution >= 0.6 is 0 Å². The molecule has 22 nitrogen and oxygen atoms in total. The van der Waals surface area contributed by atoms with Crippen LogP contribution in [0, 0.1) is 5.92 Å². The summed E-state index contributed by atoms with van der Waals surface area (Å²) in [5, 5.41) is 91.8. The highest BCUT2D eigenvalue weighted by Gasteiger charge is 2.58. The van der Waals surface area contributed by atoms with Crippen molar-refractivity contribution < 1.29 is 107 Å². The van der Waals surface area contributed by atoms with Crippen LogP contribution in [-0.2, 0) is 66.4 Å². The van der Waals surface area contributed by atoms with Gasteiger partial charge in [-0.1, -0.05) is 143 Å². The molecule has 26 atom stereocenters. The molecule has 22 heteroatoms. The number of ether oxygens (including phenoxy) is 13. The minimum atomic E-state index is -1.78. The van der Waals surface area contributed by atoms with Crippen molar-refractivity contribution >= 4 is 5.97 Å². The van der Waals surface area contributed by atoms with Gasteiger partial charge in [-0.05, 0) is 66.2 Å². The van der Waals surface area contributed by atoms with E-state index in [-0.39, 0.29) is 25.0 Å². The molecule has 0 aromatic heterocycles. The molecule has 0 spiro atoms. The van der Waals surface area contributed by atoms with Crippen LogP contribution in [0.25, 0.3) is 0 Å². The Bertz CT molecular complexity index is 1810. The Morgan fingerprint density at radius 2 is 0.940 bits per heavy atom. The highest BCUT2D eigenvalue weighted by molar-refractivity contribution is 5.69. The van der Waals surface area contributed by atoms with Gasteiger partial charge < -0.3 is 102 Å². The molecule has 6 fully saturated rings. The van der Waals surface area contributed by atoms with Crippen molar-refractivity contribution in [2.24, 2.45) is 5.92 Å². The van der Waals surface area contributed by atoms with E-state index in [1.165, 1.54) is 39.0 Å². The van der Waals surface area contributed by atoms with Crippen LogP contribution in [0.3, 0.4) is 0 Å². The fourth-order valence-corrected chi connectivity index (χ4v) is 12.3. The molecule has 0 unspecified atom stereocenters. The van der Waals surface area contributed by atoms with Gasteiger partial charge in [0.05, 0.1) is 36.6 Å². The van der Waals surface area contributed by atoms with Gasteiger partial charge in [0.1, 0.15) is 85.5 Å². The van der Waals surface area contributed by atoms with E-state index in [1.54, 1.807) is 27.7 Å². The smallest absolute Gasteiger partial charge is 0.306 e. The van der Waals surface area contributed by atoms with Crippen molar-refractivity contribution in [3.63, 3.8) is 0 Å². The molecule has 492 valence electrons. The van der Waals surface area contributed by atoms with E-state index < -0.39 is 159 Å². The molecule has 6 rings (SSSR count). The first kappa shape index (κ1) is 71.7. The normalized spacial score (nSPS) is 42.6. The van der Waals surface area contributed by atoms with Crippen LogP contribution in [0.5, 0.6) is 0 Å². The first-order valence-electron chi connectivity index (χ1n) is 32.7. The molecular weight excluding hydrogens is 1100 g/mol. The molecule has 8 N–H and O–H groups in total. The van der Waals surface area contributed by atoms with E-state index in [9.17, 15) is 45.6 Å². The molecule has 0 aromatic carbocycles. The third-order valence-electron chi connectivity index (χ3n) is 17.6.